The van der Waals surface area contributed by atoms with Crippen molar-refractivity contribution in [1.82, 2.24) is 9.97 Å². The number of nitrogens with two attached hydrogens (primary N) is 1. The Kier molecular flexibility index (Phi) is 6.11. The summed E-state index contributed by atoms with van der Waals surface area (Å²) in [4.78, 5) is 8.53. The fourth-order valence-corrected chi connectivity index (χ4v) is 3.28. The summed E-state index contributed by atoms with van der Waals surface area (Å²) >= 11 is 0. The molecular weight excluding hydrogens is 398 g/mol. The van der Waals surface area contributed by atoms with Crippen molar-refractivity contribution in [2.75, 3.05) is 43.9 Å². The standard InChI is InChI=1S/C22H25N5O4/c1-28-16-5-3-14(9-18(16)29-2)7-8-24-21-20(23)22(27-12-26-21)25-11-15-4-6-17-19(10-15)31-13-30-17/h3-6,9-10,12H,7-8,11,13,23H2,1-2H3,(H2,24,25,26,27). The van der Waals surface area contributed by atoms with Crippen LogP contribution in [-0.2, 0) is 13.0 Å². The van der Waals surface area contributed by atoms with E-state index in [1.807, 2.05) is 36.4 Å². The lowest BCUT2D eigenvalue weighted by molar-refractivity contribution is 0.174. The van der Waals surface area contributed by atoms with Gasteiger partial charge in [0, 0.05) is 13.1 Å². The quantitative estimate of drug-likeness (QED) is 0.478. The molecule has 3 aromatic rings. The van der Waals surface area contributed by atoms with Crippen molar-refractivity contribution < 1.29 is 18.9 Å². The van der Waals surface area contributed by atoms with E-state index in [1.165, 1.54) is 6.33 Å². The zero-order valence-electron chi connectivity index (χ0n) is 17.5. The molecule has 0 radical (unpaired) electrons. The number of hydrogen-bond donors (Lipinski definition) is 3. The molecule has 1 aliphatic rings. The van der Waals surface area contributed by atoms with Crippen molar-refractivity contribution >= 4 is 17.3 Å². The van der Waals surface area contributed by atoms with Crippen molar-refractivity contribution in [3.8, 4) is 23.0 Å². The molecular formula is C22H25N5O4. The van der Waals surface area contributed by atoms with Crippen LogP contribution < -0.4 is 35.3 Å². The van der Waals surface area contributed by atoms with E-state index in [-0.39, 0.29) is 6.79 Å². The zero-order chi connectivity index (χ0) is 21.6. The molecule has 4 rings (SSSR count). The maximum atomic E-state index is 6.27. The van der Waals surface area contributed by atoms with Crippen molar-refractivity contribution in [2.45, 2.75) is 13.0 Å². The monoisotopic (exact) mass is 423 g/mol. The Bertz CT molecular complexity index is 1060. The molecule has 0 saturated heterocycles. The summed E-state index contributed by atoms with van der Waals surface area (Å²) in [5.74, 6) is 4.07. The highest BCUT2D eigenvalue weighted by Crippen LogP contribution is 2.33. The average molecular weight is 423 g/mol. The molecule has 0 amide bonds. The number of benzene rings is 2. The summed E-state index contributed by atoms with van der Waals surface area (Å²) in [6.45, 7) is 1.45. The molecule has 0 aliphatic carbocycles. The van der Waals surface area contributed by atoms with Crippen LogP contribution in [0.4, 0.5) is 17.3 Å². The van der Waals surface area contributed by atoms with Gasteiger partial charge in [-0.2, -0.15) is 0 Å². The van der Waals surface area contributed by atoms with Gasteiger partial charge in [-0.25, -0.2) is 9.97 Å². The zero-order valence-corrected chi connectivity index (χ0v) is 17.5. The number of methoxy groups -OCH3 is 2. The number of ether oxygens (including phenoxy) is 4. The molecule has 0 atom stereocenters. The van der Waals surface area contributed by atoms with E-state index in [1.54, 1.807) is 14.2 Å². The molecule has 0 bridgehead atoms. The van der Waals surface area contributed by atoms with Gasteiger partial charge in [-0.05, 0) is 41.8 Å². The molecule has 0 spiro atoms. The molecule has 2 aromatic carbocycles. The third kappa shape index (κ3) is 4.66. The third-order valence-corrected chi connectivity index (χ3v) is 4.93. The van der Waals surface area contributed by atoms with E-state index in [0.29, 0.717) is 41.9 Å². The summed E-state index contributed by atoms with van der Waals surface area (Å²) in [7, 11) is 3.24. The Morgan fingerprint density at radius 1 is 0.903 bits per heavy atom. The number of anilines is 3. The van der Waals surface area contributed by atoms with Crippen LogP contribution in [-0.4, -0.2) is 37.5 Å². The molecule has 0 saturated carbocycles. The molecule has 0 unspecified atom stereocenters. The van der Waals surface area contributed by atoms with Crippen LogP contribution in [0.3, 0.4) is 0 Å². The molecule has 9 nitrogen and oxygen atoms in total. The van der Waals surface area contributed by atoms with Gasteiger partial charge in [-0.15, -0.1) is 0 Å². The highest BCUT2D eigenvalue weighted by molar-refractivity contribution is 5.74. The van der Waals surface area contributed by atoms with Crippen molar-refractivity contribution in [1.29, 1.82) is 0 Å². The highest BCUT2D eigenvalue weighted by Gasteiger charge is 2.14. The van der Waals surface area contributed by atoms with E-state index < -0.39 is 0 Å². The van der Waals surface area contributed by atoms with E-state index in [4.69, 9.17) is 24.7 Å². The summed E-state index contributed by atoms with van der Waals surface area (Å²) < 4.78 is 21.4. The minimum absolute atomic E-state index is 0.253. The summed E-state index contributed by atoms with van der Waals surface area (Å²) in [6, 6.07) is 11.7. The number of nitrogens with one attached hydrogen (secondary N) is 2. The maximum Gasteiger partial charge on any atom is 0.231 e. The molecule has 31 heavy (non-hydrogen) atoms. The van der Waals surface area contributed by atoms with E-state index in [9.17, 15) is 0 Å². The molecule has 0 fully saturated rings. The number of aromatic nitrogens is 2. The smallest absolute Gasteiger partial charge is 0.231 e. The Morgan fingerprint density at radius 3 is 2.45 bits per heavy atom. The fourth-order valence-electron chi connectivity index (χ4n) is 3.28. The summed E-state index contributed by atoms with van der Waals surface area (Å²) in [5.41, 5.74) is 8.88. The predicted octanol–water partition coefficient (Wildman–Crippen LogP) is 3.07. The minimum atomic E-state index is 0.253. The third-order valence-electron chi connectivity index (χ3n) is 4.93. The SMILES string of the molecule is COc1ccc(CCNc2ncnc(NCc3ccc4c(c3)OCO4)c2N)cc1OC. The van der Waals surface area contributed by atoms with E-state index >= 15 is 0 Å². The first-order valence-electron chi connectivity index (χ1n) is 9.85. The molecule has 4 N–H and O–H groups in total. The minimum Gasteiger partial charge on any atom is -0.493 e. The first-order chi connectivity index (χ1) is 15.2. The number of fused-ring (bicyclic) bond motifs is 1. The second-order valence-corrected chi connectivity index (χ2v) is 6.89. The van der Waals surface area contributed by atoms with Gasteiger partial charge in [0.2, 0.25) is 6.79 Å². The van der Waals surface area contributed by atoms with Crippen LogP contribution in [0.5, 0.6) is 23.0 Å². The van der Waals surface area contributed by atoms with Gasteiger partial charge >= 0.3 is 0 Å². The van der Waals surface area contributed by atoms with Crippen LogP contribution in [0.15, 0.2) is 42.7 Å². The number of nitrogens with zero attached hydrogens (tertiary/aromatic N) is 2. The van der Waals surface area contributed by atoms with Gasteiger partial charge in [-0.1, -0.05) is 12.1 Å². The molecule has 1 aliphatic heterocycles. The van der Waals surface area contributed by atoms with Gasteiger partial charge in [0.1, 0.15) is 12.0 Å². The van der Waals surface area contributed by atoms with Crippen molar-refractivity contribution in [3.05, 3.63) is 53.9 Å². The van der Waals surface area contributed by atoms with Crippen LogP contribution in [0.2, 0.25) is 0 Å². The molecule has 162 valence electrons. The molecule has 2 heterocycles. The lowest BCUT2D eigenvalue weighted by atomic mass is 10.1. The second-order valence-electron chi connectivity index (χ2n) is 6.89. The normalized spacial score (nSPS) is 11.8. The Balaban J connectivity index is 1.35. The second kappa shape index (κ2) is 9.29. The van der Waals surface area contributed by atoms with Gasteiger partial charge < -0.3 is 35.3 Å². The first-order valence-corrected chi connectivity index (χ1v) is 9.85. The summed E-state index contributed by atoms with van der Waals surface area (Å²) in [5, 5.41) is 6.53. The van der Waals surface area contributed by atoms with Gasteiger partial charge in [0.05, 0.1) is 14.2 Å². The number of hydrogen-bond acceptors (Lipinski definition) is 9. The summed E-state index contributed by atoms with van der Waals surface area (Å²) in [6.07, 6.45) is 2.25. The van der Waals surface area contributed by atoms with Gasteiger partial charge in [0.15, 0.2) is 34.6 Å². The van der Waals surface area contributed by atoms with Gasteiger partial charge in [0.25, 0.3) is 0 Å². The Labute approximate surface area is 180 Å². The van der Waals surface area contributed by atoms with Crippen molar-refractivity contribution in [3.63, 3.8) is 0 Å². The molecule has 9 heteroatoms. The Hall–Kier alpha value is -3.88. The van der Waals surface area contributed by atoms with E-state index in [2.05, 4.69) is 20.6 Å². The topological polar surface area (TPSA) is 113 Å². The highest BCUT2D eigenvalue weighted by atomic mass is 16.7. The lowest BCUT2D eigenvalue weighted by Crippen LogP contribution is -2.12. The van der Waals surface area contributed by atoms with Crippen LogP contribution in [0.1, 0.15) is 11.1 Å². The largest absolute Gasteiger partial charge is 0.493 e. The number of rotatable bonds is 9. The van der Waals surface area contributed by atoms with Crippen molar-refractivity contribution in [2.24, 2.45) is 0 Å². The van der Waals surface area contributed by atoms with Crippen LogP contribution >= 0.6 is 0 Å². The van der Waals surface area contributed by atoms with E-state index in [0.717, 1.165) is 29.0 Å². The van der Waals surface area contributed by atoms with Gasteiger partial charge in [-0.3, -0.25) is 0 Å². The lowest BCUT2D eigenvalue weighted by Gasteiger charge is -2.13. The van der Waals surface area contributed by atoms with Crippen LogP contribution in [0.25, 0.3) is 0 Å². The predicted molar refractivity (Wildman–Crippen MR) is 118 cm³/mol. The average Bonchev–Trinajstić information content (AvgIpc) is 3.27. The number of nitrogen functional groups attached to an aromatic ring is 1. The molecule has 1 aromatic heterocycles. The van der Waals surface area contributed by atoms with Crippen LogP contribution in [0, 0.1) is 0 Å². The Morgan fingerprint density at radius 2 is 1.65 bits per heavy atom. The first kappa shape index (κ1) is 20.4. The fraction of sp³-hybridized carbons (Fsp3) is 0.273. The maximum absolute atomic E-state index is 6.27.